The van der Waals surface area contributed by atoms with Gasteiger partial charge in [-0.15, -0.1) is 0 Å². The van der Waals surface area contributed by atoms with Crippen LogP contribution in [0.3, 0.4) is 0 Å². The summed E-state index contributed by atoms with van der Waals surface area (Å²) in [6.45, 7) is -0.726. The van der Waals surface area contributed by atoms with E-state index >= 15 is 0 Å². The first-order valence-corrected chi connectivity index (χ1v) is 12.9. The summed E-state index contributed by atoms with van der Waals surface area (Å²) < 4.78 is 15.9. The average molecular weight is 632 g/mol. The molecule has 45 heavy (non-hydrogen) atoms. The first-order valence-electron chi connectivity index (χ1n) is 12.9. The Kier molecular flexibility index (Phi) is 7.51. The Morgan fingerprint density at radius 3 is 1.69 bits per heavy atom. The van der Waals surface area contributed by atoms with Crippen LogP contribution in [0.1, 0.15) is 37.5 Å². The molecule has 0 spiro atoms. The number of hydrogen-bond acceptors (Lipinski definition) is 17. The molecule has 238 valence electrons. The lowest BCUT2D eigenvalue weighted by molar-refractivity contribution is -0.166. The smallest absolute Gasteiger partial charge is 0.339 e. The minimum atomic E-state index is -2.04. The summed E-state index contributed by atoms with van der Waals surface area (Å²) in [5.41, 5.74) is -3.72. The number of rotatable bonds is 2. The summed E-state index contributed by atoms with van der Waals surface area (Å²) in [6, 6.07) is 2.70. The van der Waals surface area contributed by atoms with E-state index in [1.807, 2.05) is 0 Å². The number of phenols is 9. The van der Waals surface area contributed by atoms with Crippen LogP contribution in [-0.2, 0) is 14.2 Å². The van der Waals surface area contributed by atoms with Crippen LogP contribution < -0.4 is 0 Å². The highest BCUT2D eigenvalue weighted by molar-refractivity contribution is 6.08. The number of esters is 3. The second kappa shape index (κ2) is 11.0. The maximum atomic E-state index is 13.5. The number of hydrogen-bond donors (Lipinski definition) is 11. The van der Waals surface area contributed by atoms with Crippen LogP contribution in [0.25, 0.3) is 11.1 Å². The van der Waals surface area contributed by atoms with Gasteiger partial charge in [-0.05, 0) is 30.7 Å². The van der Waals surface area contributed by atoms with Crippen molar-refractivity contribution >= 4 is 17.9 Å². The van der Waals surface area contributed by atoms with Crippen molar-refractivity contribution in [2.45, 2.75) is 30.8 Å². The summed E-state index contributed by atoms with van der Waals surface area (Å²) in [5.74, 6) is -15.0. The molecule has 1 fully saturated rings. The Hall–Kier alpha value is -5.81. The molecule has 17 nitrogen and oxygen atoms in total. The number of benzene rings is 3. The SMILES string of the molecule is O=C(O[C@@H]1CC2COC(=O)c3cc(O)c(O)c(O)c3-c3c(cc(O)c(O)c3O)C(=O)O[C@@H]2[C@H](O)C1O)c1cc(O)c(O)c(O)c1. The number of carbonyl (C=O) groups excluding carboxylic acids is 3. The number of ether oxygens (including phenoxy) is 3. The van der Waals surface area contributed by atoms with Gasteiger partial charge in [0.15, 0.2) is 40.2 Å². The molecule has 2 unspecified atom stereocenters. The molecule has 3 aromatic carbocycles. The minimum Gasteiger partial charge on any atom is -0.504 e. The van der Waals surface area contributed by atoms with Crippen molar-refractivity contribution < 1.29 is 84.8 Å². The molecule has 0 aromatic heterocycles. The van der Waals surface area contributed by atoms with Crippen molar-refractivity contribution in [2.75, 3.05) is 6.61 Å². The molecular weight excluding hydrogens is 608 g/mol. The fourth-order valence-electron chi connectivity index (χ4n) is 5.20. The van der Waals surface area contributed by atoms with E-state index in [0.29, 0.717) is 12.1 Å². The van der Waals surface area contributed by atoms with Gasteiger partial charge in [-0.25, -0.2) is 14.4 Å². The van der Waals surface area contributed by atoms with Gasteiger partial charge < -0.3 is 70.4 Å². The molecule has 0 amide bonds. The molecule has 3 aromatic rings. The van der Waals surface area contributed by atoms with E-state index in [0.717, 1.165) is 12.1 Å². The van der Waals surface area contributed by atoms with Crippen molar-refractivity contribution in [3.8, 4) is 62.9 Å². The van der Waals surface area contributed by atoms with Crippen LogP contribution in [0.4, 0.5) is 0 Å². The molecule has 5 rings (SSSR count). The number of cyclic esters (lactones) is 1. The zero-order valence-corrected chi connectivity index (χ0v) is 22.5. The highest BCUT2D eigenvalue weighted by Gasteiger charge is 2.49. The Labute approximate surface area is 250 Å². The summed E-state index contributed by atoms with van der Waals surface area (Å²) in [7, 11) is 0. The summed E-state index contributed by atoms with van der Waals surface area (Å²) in [5, 5.41) is 113. The Balaban J connectivity index is 1.57. The molecular formula is C28H24O17. The van der Waals surface area contributed by atoms with Crippen LogP contribution in [0.5, 0.6) is 51.7 Å². The van der Waals surface area contributed by atoms with Gasteiger partial charge in [0.25, 0.3) is 0 Å². The topological polar surface area (TPSA) is 301 Å². The van der Waals surface area contributed by atoms with E-state index in [1.165, 1.54) is 0 Å². The van der Waals surface area contributed by atoms with Gasteiger partial charge in [0.2, 0.25) is 11.5 Å². The molecule has 0 saturated heterocycles. The molecule has 1 aliphatic carbocycles. The number of phenolic OH excluding ortho intramolecular Hbond substituents is 9. The second-order valence-electron chi connectivity index (χ2n) is 10.3. The van der Waals surface area contributed by atoms with Gasteiger partial charge in [0.05, 0.1) is 23.3 Å². The highest BCUT2D eigenvalue weighted by Crippen LogP contribution is 2.53. The molecule has 5 atom stereocenters. The van der Waals surface area contributed by atoms with Crippen LogP contribution in [0.15, 0.2) is 24.3 Å². The predicted octanol–water partition coefficient (Wildman–Crippen LogP) is 0.367. The van der Waals surface area contributed by atoms with Crippen molar-refractivity contribution in [3.05, 3.63) is 41.0 Å². The standard InChI is InChI=1S/C28H24O17/c29-11-1-7(2-12(30)18(11)33)26(40)44-15-3-8-6-43-27(41)9-4-13(31)19(34)22(37)16(9)17-10(5-14(32)20(35)23(17)38)28(42)45-25(8)24(39)21(15)36/h1-2,4-5,8,15,21,24-25,29-39H,3,6H2/t8?,15-,21?,24-,25+/m1/s1. The number of aliphatic hydroxyl groups is 2. The third kappa shape index (κ3) is 5.08. The van der Waals surface area contributed by atoms with Gasteiger partial charge in [0, 0.05) is 17.0 Å². The van der Waals surface area contributed by atoms with Crippen LogP contribution in [0.2, 0.25) is 0 Å². The quantitative estimate of drug-likeness (QED) is 0.103. The summed E-state index contributed by atoms with van der Waals surface area (Å²) in [6.07, 6.45) is -7.76. The van der Waals surface area contributed by atoms with E-state index in [4.69, 9.17) is 14.2 Å². The first-order chi connectivity index (χ1) is 21.1. The maximum absolute atomic E-state index is 13.5. The third-order valence-electron chi connectivity index (χ3n) is 7.50. The van der Waals surface area contributed by atoms with Gasteiger partial charge in [-0.2, -0.15) is 0 Å². The van der Waals surface area contributed by atoms with Crippen LogP contribution in [0, 0.1) is 5.92 Å². The Bertz CT molecular complexity index is 1720. The largest absolute Gasteiger partial charge is 0.504 e. The van der Waals surface area contributed by atoms with E-state index in [-0.39, 0.29) is 0 Å². The number of aromatic hydroxyl groups is 9. The van der Waals surface area contributed by atoms with Gasteiger partial charge in [-0.3, -0.25) is 0 Å². The monoisotopic (exact) mass is 632 g/mol. The van der Waals surface area contributed by atoms with E-state index in [2.05, 4.69) is 0 Å². The molecule has 11 N–H and O–H groups in total. The van der Waals surface area contributed by atoms with Gasteiger partial charge >= 0.3 is 17.9 Å². The van der Waals surface area contributed by atoms with E-state index in [1.54, 1.807) is 0 Å². The molecule has 17 heteroatoms. The Morgan fingerprint density at radius 2 is 1.16 bits per heavy atom. The van der Waals surface area contributed by atoms with Crippen molar-refractivity contribution in [2.24, 2.45) is 5.92 Å². The van der Waals surface area contributed by atoms with Crippen molar-refractivity contribution in [1.29, 1.82) is 0 Å². The zero-order chi connectivity index (χ0) is 33.1. The summed E-state index contributed by atoms with van der Waals surface area (Å²) in [4.78, 5) is 39.5. The lowest BCUT2D eigenvalue weighted by Crippen LogP contribution is -2.57. The zero-order valence-electron chi connectivity index (χ0n) is 22.5. The van der Waals surface area contributed by atoms with Gasteiger partial charge in [0.1, 0.15) is 24.4 Å². The second-order valence-corrected chi connectivity index (χ2v) is 10.3. The fraction of sp³-hybridized carbons (Fsp3) is 0.250. The number of carbonyl (C=O) groups is 3. The average Bonchev–Trinajstić information content (AvgIpc) is 3.01. The molecule has 1 aliphatic heterocycles. The normalized spacial score (nSPS) is 22.9. The summed E-state index contributed by atoms with van der Waals surface area (Å²) >= 11 is 0. The number of fused-ring (bicyclic) bond motifs is 4. The Morgan fingerprint density at radius 1 is 0.667 bits per heavy atom. The molecule has 1 heterocycles. The molecule has 0 bridgehead atoms. The van der Waals surface area contributed by atoms with E-state index < -0.39 is 141 Å². The fourth-order valence-corrected chi connectivity index (χ4v) is 5.20. The highest BCUT2D eigenvalue weighted by atomic mass is 16.6. The predicted molar refractivity (Wildman–Crippen MR) is 142 cm³/mol. The number of aliphatic hydroxyl groups excluding tert-OH is 2. The first kappa shape index (κ1) is 30.6. The van der Waals surface area contributed by atoms with Crippen molar-refractivity contribution in [3.63, 3.8) is 0 Å². The van der Waals surface area contributed by atoms with Crippen molar-refractivity contribution in [1.82, 2.24) is 0 Å². The molecule has 2 aliphatic rings. The lowest BCUT2D eigenvalue weighted by atomic mass is 9.80. The maximum Gasteiger partial charge on any atom is 0.339 e. The van der Waals surface area contributed by atoms with Crippen LogP contribution in [-0.4, -0.2) is 105 Å². The molecule has 0 radical (unpaired) electrons. The molecule has 1 saturated carbocycles. The van der Waals surface area contributed by atoms with Gasteiger partial charge in [-0.1, -0.05) is 0 Å². The van der Waals surface area contributed by atoms with Crippen LogP contribution >= 0.6 is 0 Å². The lowest BCUT2D eigenvalue weighted by Gasteiger charge is -2.41. The third-order valence-corrected chi connectivity index (χ3v) is 7.50. The minimum absolute atomic E-state index is 0.455. The van der Waals surface area contributed by atoms with E-state index in [9.17, 15) is 70.6 Å².